The van der Waals surface area contributed by atoms with E-state index in [1.54, 1.807) is 0 Å². The highest BCUT2D eigenvalue weighted by molar-refractivity contribution is 9.09. The third kappa shape index (κ3) is 5.61. The maximum Gasteiger partial charge on any atom is 0.357 e. The average Bonchev–Trinajstić information content (AvgIpc) is 2.14. The molecule has 0 aromatic rings. The van der Waals surface area contributed by atoms with Crippen molar-refractivity contribution in [3.8, 4) is 0 Å². The third-order valence-corrected chi connectivity index (χ3v) is 5.44. The molecular formula is C8H20BrO4PSi. The molecule has 7 heteroatoms. The summed E-state index contributed by atoms with van der Waals surface area (Å²) in [5, 5.41) is 0.707. The summed E-state index contributed by atoms with van der Waals surface area (Å²) in [4.78, 5) is 0. The Morgan fingerprint density at radius 1 is 1.27 bits per heavy atom. The molecule has 0 heterocycles. The Bertz CT molecular complexity index is 223. The minimum absolute atomic E-state index is 0.474. The second-order valence-corrected chi connectivity index (χ2v) is 11.7. The topological polar surface area (TPSA) is 44.8 Å². The van der Waals surface area contributed by atoms with Crippen LogP contribution < -0.4 is 0 Å². The zero-order chi connectivity index (χ0) is 12.1. The molecule has 0 amide bonds. The molecule has 0 aromatic carbocycles. The van der Waals surface area contributed by atoms with Crippen molar-refractivity contribution >= 4 is 31.8 Å². The molecule has 0 bridgehead atoms. The molecule has 0 rings (SSSR count). The maximum atomic E-state index is 12.2. The molecular weight excluding hydrogens is 299 g/mol. The second-order valence-electron chi connectivity index (χ2n) is 4.07. The van der Waals surface area contributed by atoms with Crippen molar-refractivity contribution in [2.45, 2.75) is 31.9 Å². The van der Waals surface area contributed by atoms with Gasteiger partial charge in [-0.15, -0.1) is 0 Å². The van der Waals surface area contributed by atoms with Gasteiger partial charge in [0, 0.05) is 19.5 Å². The van der Waals surface area contributed by atoms with Crippen LogP contribution >= 0.6 is 23.5 Å². The number of rotatable bonds is 7. The summed E-state index contributed by atoms with van der Waals surface area (Å²) in [5.74, 6) is -0.474. The molecule has 0 N–H and O–H groups in total. The Labute approximate surface area is 101 Å². The van der Waals surface area contributed by atoms with Crippen LogP contribution in [0.1, 0.15) is 6.42 Å². The Hall–Kier alpha value is 0.807. The van der Waals surface area contributed by atoms with Gasteiger partial charge >= 0.3 is 7.60 Å². The van der Waals surface area contributed by atoms with Gasteiger partial charge in [-0.3, -0.25) is 4.57 Å². The lowest BCUT2D eigenvalue weighted by atomic mass is 10.5. The summed E-state index contributed by atoms with van der Waals surface area (Å²) in [6.45, 7) is 6.14. The Morgan fingerprint density at radius 2 is 1.73 bits per heavy atom. The maximum absolute atomic E-state index is 12.2. The Balaban J connectivity index is 4.71. The van der Waals surface area contributed by atoms with Crippen molar-refractivity contribution in [3.05, 3.63) is 0 Å². The first-order chi connectivity index (χ1) is 6.79. The lowest BCUT2D eigenvalue weighted by molar-refractivity contribution is 0.183. The number of halogens is 1. The summed E-state index contributed by atoms with van der Waals surface area (Å²) >= 11 is 3.31. The first-order valence-corrected chi connectivity index (χ1v) is 10.9. The van der Waals surface area contributed by atoms with Gasteiger partial charge in [-0.2, -0.15) is 0 Å². The normalized spacial score (nSPS) is 15.3. The first kappa shape index (κ1) is 15.8. The van der Waals surface area contributed by atoms with Crippen LogP contribution in [0.2, 0.25) is 19.6 Å². The van der Waals surface area contributed by atoms with Gasteiger partial charge in [-0.05, 0) is 26.1 Å². The van der Waals surface area contributed by atoms with Crippen LogP contribution in [0.3, 0.4) is 0 Å². The predicted molar refractivity (Wildman–Crippen MR) is 68.3 cm³/mol. The van der Waals surface area contributed by atoms with E-state index in [0.29, 0.717) is 11.8 Å². The lowest BCUT2D eigenvalue weighted by Gasteiger charge is -2.29. The summed E-state index contributed by atoms with van der Waals surface area (Å²) in [5.41, 5.74) is 0. The van der Waals surface area contributed by atoms with Gasteiger partial charge in [0.1, 0.15) is 5.85 Å². The lowest BCUT2D eigenvalue weighted by Crippen LogP contribution is -2.32. The zero-order valence-electron chi connectivity index (χ0n) is 9.95. The molecule has 0 radical (unpaired) electrons. The van der Waals surface area contributed by atoms with E-state index in [9.17, 15) is 4.57 Å². The number of hydrogen-bond donors (Lipinski definition) is 0. The summed E-state index contributed by atoms with van der Waals surface area (Å²) in [6.07, 6.45) is 0.614. The van der Waals surface area contributed by atoms with Gasteiger partial charge < -0.3 is 13.5 Å². The fourth-order valence-corrected chi connectivity index (χ4v) is 5.33. The van der Waals surface area contributed by atoms with E-state index in [4.69, 9.17) is 13.5 Å². The van der Waals surface area contributed by atoms with Crippen molar-refractivity contribution in [2.24, 2.45) is 0 Å². The Morgan fingerprint density at radius 3 is 2.00 bits per heavy atom. The minimum Gasteiger partial charge on any atom is -0.404 e. The van der Waals surface area contributed by atoms with E-state index in [1.165, 1.54) is 14.2 Å². The van der Waals surface area contributed by atoms with Gasteiger partial charge in [0.05, 0.1) is 0 Å². The van der Waals surface area contributed by atoms with E-state index in [1.807, 2.05) is 19.6 Å². The van der Waals surface area contributed by atoms with Crippen LogP contribution in [0.5, 0.6) is 0 Å². The molecule has 0 fully saturated rings. The number of alkyl halides is 1. The number of hydrogen-bond acceptors (Lipinski definition) is 4. The fraction of sp³-hybridized carbons (Fsp3) is 1.00. The average molecular weight is 319 g/mol. The van der Waals surface area contributed by atoms with Gasteiger partial charge in [-0.1, -0.05) is 15.9 Å². The van der Waals surface area contributed by atoms with Crippen molar-refractivity contribution in [1.29, 1.82) is 0 Å². The largest absolute Gasteiger partial charge is 0.404 e. The molecule has 4 nitrogen and oxygen atoms in total. The van der Waals surface area contributed by atoms with Gasteiger partial charge in [-0.25, -0.2) is 0 Å². The molecule has 0 saturated carbocycles. The molecule has 1 unspecified atom stereocenters. The summed E-state index contributed by atoms with van der Waals surface area (Å²) in [7, 11) is -2.10. The minimum atomic E-state index is -3.12. The van der Waals surface area contributed by atoms with E-state index in [0.717, 1.165) is 0 Å². The highest BCUT2D eigenvalue weighted by atomic mass is 79.9. The summed E-state index contributed by atoms with van der Waals surface area (Å²) < 4.78 is 27.9. The third-order valence-electron chi connectivity index (χ3n) is 1.71. The summed E-state index contributed by atoms with van der Waals surface area (Å²) in [6, 6.07) is 0. The molecule has 15 heavy (non-hydrogen) atoms. The fourth-order valence-electron chi connectivity index (χ4n) is 1.09. The standard InChI is InChI=1S/C8H20BrO4PSi/c1-11-14(10,12-2)8(6-7-9)13-15(3,4)5/h8H,6-7H2,1-5H3. The highest BCUT2D eigenvalue weighted by Crippen LogP contribution is 2.54. The van der Waals surface area contributed by atoms with Gasteiger partial charge in [0.15, 0.2) is 8.32 Å². The van der Waals surface area contributed by atoms with Crippen molar-refractivity contribution in [3.63, 3.8) is 0 Å². The second kappa shape index (κ2) is 6.52. The molecule has 0 aliphatic rings. The molecule has 0 aromatic heterocycles. The van der Waals surface area contributed by atoms with Crippen LogP contribution in [-0.2, 0) is 18.0 Å². The van der Waals surface area contributed by atoms with Gasteiger partial charge in [0.2, 0.25) is 0 Å². The van der Waals surface area contributed by atoms with Crippen LogP contribution in [-0.4, -0.2) is 33.7 Å². The van der Waals surface area contributed by atoms with Crippen molar-refractivity contribution in [1.82, 2.24) is 0 Å². The molecule has 92 valence electrons. The molecule has 0 aliphatic heterocycles. The quantitative estimate of drug-likeness (QED) is 0.410. The predicted octanol–water partition coefficient (Wildman–Crippen LogP) is 3.43. The van der Waals surface area contributed by atoms with Crippen molar-refractivity contribution < 1.29 is 18.0 Å². The van der Waals surface area contributed by atoms with E-state index in [-0.39, 0.29) is 0 Å². The van der Waals surface area contributed by atoms with E-state index < -0.39 is 21.8 Å². The SMILES string of the molecule is COP(=O)(OC)C(CCBr)O[Si](C)(C)C. The molecule has 0 aliphatic carbocycles. The van der Waals surface area contributed by atoms with E-state index in [2.05, 4.69) is 15.9 Å². The monoisotopic (exact) mass is 318 g/mol. The molecule has 1 atom stereocenters. The van der Waals surface area contributed by atoms with Crippen LogP contribution in [0.25, 0.3) is 0 Å². The highest BCUT2D eigenvalue weighted by Gasteiger charge is 2.37. The first-order valence-electron chi connectivity index (χ1n) is 4.74. The van der Waals surface area contributed by atoms with Crippen LogP contribution in [0.15, 0.2) is 0 Å². The van der Waals surface area contributed by atoms with Crippen LogP contribution in [0, 0.1) is 0 Å². The van der Waals surface area contributed by atoms with Crippen molar-refractivity contribution in [2.75, 3.05) is 19.5 Å². The zero-order valence-corrected chi connectivity index (χ0v) is 13.4. The Kier molecular flexibility index (Phi) is 6.87. The molecule has 0 saturated heterocycles. The smallest absolute Gasteiger partial charge is 0.357 e. The van der Waals surface area contributed by atoms with Gasteiger partial charge in [0.25, 0.3) is 0 Å². The molecule has 0 spiro atoms. The van der Waals surface area contributed by atoms with Crippen LogP contribution in [0.4, 0.5) is 0 Å². The van der Waals surface area contributed by atoms with E-state index >= 15 is 0 Å².